The number of rotatable bonds is 3. The van der Waals surface area contributed by atoms with Gasteiger partial charge in [-0.1, -0.05) is 12.1 Å². The van der Waals surface area contributed by atoms with Crippen molar-refractivity contribution < 1.29 is 13.2 Å². The molecule has 0 amide bonds. The van der Waals surface area contributed by atoms with Crippen LogP contribution in [0.4, 0.5) is 19.0 Å². The van der Waals surface area contributed by atoms with Crippen LogP contribution in [0, 0.1) is 11.3 Å². The summed E-state index contributed by atoms with van der Waals surface area (Å²) in [5.41, 5.74) is 7.42. The van der Waals surface area contributed by atoms with E-state index in [-0.39, 0.29) is 0 Å². The van der Waals surface area contributed by atoms with E-state index in [9.17, 15) is 18.4 Å². The molecule has 132 valence electrons. The molecule has 0 unspecified atom stereocenters. The van der Waals surface area contributed by atoms with E-state index in [1.807, 2.05) is 6.26 Å². The van der Waals surface area contributed by atoms with Crippen LogP contribution in [0.3, 0.4) is 0 Å². The van der Waals surface area contributed by atoms with E-state index in [4.69, 9.17) is 5.73 Å². The highest BCUT2D eigenvalue weighted by molar-refractivity contribution is 8.00. The summed E-state index contributed by atoms with van der Waals surface area (Å²) in [6.45, 7) is 0. The van der Waals surface area contributed by atoms with Gasteiger partial charge in [-0.15, -0.1) is 23.1 Å². The van der Waals surface area contributed by atoms with Crippen molar-refractivity contribution in [2.75, 3.05) is 12.0 Å². The van der Waals surface area contributed by atoms with Crippen molar-refractivity contribution in [1.29, 1.82) is 5.26 Å². The molecule has 0 atom stereocenters. The minimum atomic E-state index is -4.40. The number of pyridine rings is 1. The minimum Gasteiger partial charge on any atom is -0.384 e. The first-order chi connectivity index (χ1) is 12.3. The highest BCUT2D eigenvalue weighted by Gasteiger charge is 2.30. The van der Waals surface area contributed by atoms with Crippen molar-refractivity contribution in [3.8, 4) is 27.6 Å². The molecule has 0 bridgehead atoms. The van der Waals surface area contributed by atoms with Gasteiger partial charge in [-0.2, -0.15) is 18.4 Å². The molecule has 0 aliphatic heterocycles. The quantitative estimate of drug-likeness (QED) is 0.584. The van der Waals surface area contributed by atoms with Gasteiger partial charge in [0.1, 0.15) is 11.9 Å². The highest BCUT2D eigenvalue weighted by atomic mass is 32.2. The number of thioether (sulfide) groups is 1. The number of nitrogen functional groups attached to an aromatic ring is 1. The molecule has 0 aliphatic rings. The summed E-state index contributed by atoms with van der Waals surface area (Å²) < 4.78 is 39.3. The molecular weight excluding hydrogens is 379 g/mol. The van der Waals surface area contributed by atoms with Crippen LogP contribution in [-0.4, -0.2) is 11.2 Å². The van der Waals surface area contributed by atoms with Gasteiger partial charge in [0.05, 0.1) is 15.3 Å². The number of thiophene rings is 1. The molecule has 3 aromatic rings. The topological polar surface area (TPSA) is 62.7 Å². The average Bonchev–Trinajstić information content (AvgIpc) is 2.99. The second-order valence-corrected chi connectivity index (χ2v) is 7.42. The number of nitrogens with two attached hydrogens (primary N) is 1. The Labute approximate surface area is 156 Å². The van der Waals surface area contributed by atoms with Gasteiger partial charge in [-0.3, -0.25) is 0 Å². The Balaban J connectivity index is 2.22. The van der Waals surface area contributed by atoms with Crippen LogP contribution in [0.25, 0.3) is 21.6 Å². The third kappa shape index (κ3) is 3.41. The maximum absolute atomic E-state index is 12.8. The summed E-state index contributed by atoms with van der Waals surface area (Å²) in [6, 6.07) is 10.5. The summed E-state index contributed by atoms with van der Waals surface area (Å²) in [7, 11) is 0. The van der Waals surface area contributed by atoms with Gasteiger partial charge >= 0.3 is 6.18 Å². The van der Waals surface area contributed by atoms with Crippen LogP contribution in [0.2, 0.25) is 0 Å². The summed E-state index contributed by atoms with van der Waals surface area (Å²) in [6.07, 6.45) is -0.988. The van der Waals surface area contributed by atoms with E-state index < -0.39 is 11.7 Å². The number of benzene rings is 1. The molecule has 3 rings (SSSR count). The van der Waals surface area contributed by atoms with E-state index in [1.165, 1.54) is 35.2 Å². The van der Waals surface area contributed by atoms with Gasteiger partial charge in [0.25, 0.3) is 0 Å². The lowest BCUT2D eigenvalue weighted by Gasteiger charge is -2.09. The maximum atomic E-state index is 12.8. The summed E-state index contributed by atoms with van der Waals surface area (Å²) >= 11 is 2.84. The fourth-order valence-electron chi connectivity index (χ4n) is 2.55. The van der Waals surface area contributed by atoms with Crippen LogP contribution in [-0.2, 0) is 6.18 Å². The van der Waals surface area contributed by atoms with Crippen molar-refractivity contribution in [2.45, 2.75) is 10.4 Å². The molecule has 2 N–H and O–H groups in total. The Morgan fingerprint density at radius 2 is 1.85 bits per heavy atom. The monoisotopic (exact) mass is 391 g/mol. The van der Waals surface area contributed by atoms with Gasteiger partial charge in [-0.25, -0.2) is 4.98 Å². The molecule has 1 aromatic carbocycles. The summed E-state index contributed by atoms with van der Waals surface area (Å²) in [5.74, 6) is 0.332. The van der Waals surface area contributed by atoms with Gasteiger partial charge in [0, 0.05) is 16.6 Å². The molecule has 0 fully saturated rings. The third-order valence-corrected chi connectivity index (χ3v) is 6.08. The molecule has 0 saturated heterocycles. The average molecular weight is 391 g/mol. The Kier molecular flexibility index (Phi) is 4.94. The molecule has 2 heterocycles. The number of alkyl halides is 3. The molecule has 0 spiro atoms. The second-order valence-electron chi connectivity index (χ2n) is 5.33. The minimum absolute atomic E-state index is 0.332. The SMILES string of the molecule is CSc1sc(-c2ccnc(N)c2)c(-c2ccc(C(F)(F)F)cc2)c1C#N. The molecule has 0 aliphatic carbocycles. The van der Waals surface area contributed by atoms with E-state index in [0.29, 0.717) is 22.5 Å². The summed E-state index contributed by atoms with van der Waals surface area (Å²) in [5, 5.41) is 9.62. The van der Waals surface area contributed by atoms with Gasteiger partial charge in [0.2, 0.25) is 0 Å². The summed E-state index contributed by atoms with van der Waals surface area (Å²) in [4.78, 5) is 4.74. The number of halogens is 3. The smallest absolute Gasteiger partial charge is 0.384 e. The lowest BCUT2D eigenvalue weighted by atomic mass is 9.98. The van der Waals surface area contributed by atoms with E-state index in [1.54, 1.807) is 18.3 Å². The number of anilines is 1. The molecule has 0 radical (unpaired) electrons. The Morgan fingerprint density at radius 3 is 2.38 bits per heavy atom. The fraction of sp³-hybridized carbons (Fsp3) is 0.111. The van der Waals surface area contributed by atoms with Crippen LogP contribution < -0.4 is 5.73 Å². The molecule has 8 heteroatoms. The van der Waals surface area contributed by atoms with Crippen LogP contribution >= 0.6 is 23.1 Å². The van der Waals surface area contributed by atoms with E-state index in [2.05, 4.69) is 11.1 Å². The van der Waals surface area contributed by atoms with E-state index in [0.717, 1.165) is 26.8 Å². The Morgan fingerprint density at radius 1 is 1.15 bits per heavy atom. The van der Waals surface area contributed by atoms with Crippen LogP contribution in [0.1, 0.15) is 11.1 Å². The molecular formula is C18H12F3N3S2. The fourth-order valence-corrected chi connectivity index (χ4v) is 4.49. The lowest BCUT2D eigenvalue weighted by Crippen LogP contribution is -2.04. The zero-order chi connectivity index (χ0) is 18.9. The lowest BCUT2D eigenvalue weighted by molar-refractivity contribution is -0.137. The standard InChI is InChI=1S/C18H12F3N3S2/c1-25-17-13(9-22)15(10-2-4-12(5-3-10)18(19,20)21)16(26-17)11-6-7-24-14(23)8-11/h2-8H,1H3,(H2,23,24). The molecule has 3 nitrogen and oxygen atoms in total. The van der Waals surface area contributed by atoms with Crippen molar-refractivity contribution >= 4 is 28.9 Å². The molecule has 26 heavy (non-hydrogen) atoms. The van der Waals surface area contributed by atoms with Crippen molar-refractivity contribution in [1.82, 2.24) is 4.98 Å². The maximum Gasteiger partial charge on any atom is 0.416 e. The molecule has 2 aromatic heterocycles. The Bertz CT molecular complexity index is 986. The van der Waals surface area contributed by atoms with Crippen molar-refractivity contribution in [3.63, 3.8) is 0 Å². The normalized spacial score (nSPS) is 11.3. The number of aromatic nitrogens is 1. The zero-order valence-electron chi connectivity index (χ0n) is 13.5. The largest absolute Gasteiger partial charge is 0.416 e. The second kappa shape index (κ2) is 7.02. The predicted octanol–water partition coefficient (Wildman–Crippen LogP) is 5.67. The zero-order valence-corrected chi connectivity index (χ0v) is 15.1. The first kappa shape index (κ1) is 18.3. The van der Waals surface area contributed by atoms with Crippen molar-refractivity contribution in [2.24, 2.45) is 0 Å². The number of nitriles is 1. The first-order valence-corrected chi connectivity index (χ1v) is 9.39. The van der Waals surface area contributed by atoms with Gasteiger partial charge in [-0.05, 0) is 41.6 Å². The number of hydrogen-bond donors (Lipinski definition) is 1. The van der Waals surface area contributed by atoms with E-state index >= 15 is 0 Å². The van der Waals surface area contributed by atoms with Crippen molar-refractivity contribution in [3.05, 3.63) is 53.7 Å². The first-order valence-electron chi connectivity index (χ1n) is 7.35. The Hall–Kier alpha value is -2.50. The van der Waals surface area contributed by atoms with Gasteiger partial charge in [0.15, 0.2) is 0 Å². The predicted molar refractivity (Wildman–Crippen MR) is 98.9 cm³/mol. The highest BCUT2D eigenvalue weighted by Crippen LogP contribution is 2.46. The number of hydrogen-bond acceptors (Lipinski definition) is 5. The van der Waals surface area contributed by atoms with Crippen LogP contribution in [0.15, 0.2) is 46.8 Å². The third-order valence-electron chi connectivity index (χ3n) is 3.72. The van der Waals surface area contributed by atoms with Gasteiger partial charge < -0.3 is 5.73 Å². The van der Waals surface area contributed by atoms with Crippen LogP contribution in [0.5, 0.6) is 0 Å². The number of nitrogens with zero attached hydrogens (tertiary/aromatic N) is 2. The molecule has 0 saturated carbocycles.